The Morgan fingerprint density at radius 3 is 1.29 bits per heavy atom. The molecule has 0 amide bonds. The first-order chi connectivity index (χ1) is 29.0. The fourth-order valence-electron chi connectivity index (χ4n) is 10.0. The van der Waals surface area contributed by atoms with E-state index >= 15 is 0 Å². The molecule has 0 unspecified atom stereocenters. The molecule has 0 saturated heterocycles. The van der Waals surface area contributed by atoms with E-state index in [2.05, 4.69) is 212 Å². The van der Waals surface area contributed by atoms with Crippen molar-refractivity contribution in [3.05, 3.63) is 155 Å². The first-order valence-electron chi connectivity index (χ1n) is 22.4. The largest absolute Gasteiger partial charge is 0.256 e. The zero-order valence-corrected chi connectivity index (χ0v) is 39.3. The summed E-state index contributed by atoms with van der Waals surface area (Å²) in [6.45, 7) is 32.6. The van der Waals surface area contributed by atoms with Crippen LogP contribution in [0.25, 0.3) is 67.7 Å². The fraction of sp³-hybridized carbons (Fsp3) is 0.345. The molecular formula is C58H62N4. The summed E-state index contributed by atoms with van der Waals surface area (Å²) in [7, 11) is 0. The van der Waals surface area contributed by atoms with Crippen molar-refractivity contribution in [2.24, 2.45) is 5.41 Å². The van der Waals surface area contributed by atoms with Gasteiger partial charge in [0.15, 0.2) is 17.5 Å². The predicted octanol–water partition coefficient (Wildman–Crippen LogP) is 15.1. The molecule has 0 N–H and O–H groups in total. The lowest BCUT2D eigenvalue weighted by Gasteiger charge is -2.44. The van der Waals surface area contributed by atoms with Crippen molar-refractivity contribution in [2.45, 2.75) is 124 Å². The molecule has 2 heterocycles. The highest BCUT2D eigenvalue weighted by Gasteiger charge is 2.56. The van der Waals surface area contributed by atoms with Gasteiger partial charge in [-0.05, 0) is 113 Å². The lowest BCUT2D eigenvalue weighted by atomic mass is 9.59. The summed E-state index contributed by atoms with van der Waals surface area (Å²) >= 11 is 0. The zero-order chi connectivity index (χ0) is 44.4. The monoisotopic (exact) mass is 814 g/mol. The quantitative estimate of drug-likeness (QED) is 0.174. The molecule has 2 aliphatic carbocycles. The molecule has 0 saturated carbocycles. The van der Waals surface area contributed by atoms with Crippen LogP contribution in [0.4, 0.5) is 0 Å². The van der Waals surface area contributed by atoms with E-state index in [0.717, 1.165) is 22.4 Å². The van der Waals surface area contributed by atoms with Gasteiger partial charge in [0, 0.05) is 33.9 Å². The van der Waals surface area contributed by atoms with Crippen LogP contribution in [-0.2, 0) is 27.1 Å². The van der Waals surface area contributed by atoms with Gasteiger partial charge in [-0.3, -0.25) is 4.98 Å². The number of hydrogen-bond donors (Lipinski definition) is 0. The molecule has 0 bridgehead atoms. The third kappa shape index (κ3) is 6.55. The number of nitrogens with zero attached hydrogens (tertiary/aromatic N) is 4. The second-order valence-corrected chi connectivity index (χ2v) is 22.2. The normalized spacial score (nSPS) is 16.7. The van der Waals surface area contributed by atoms with Crippen LogP contribution in [0.1, 0.15) is 130 Å². The van der Waals surface area contributed by atoms with Crippen molar-refractivity contribution in [1.29, 1.82) is 0 Å². The van der Waals surface area contributed by atoms with E-state index in [4.69, 9.17) is 19.9 Å². The van der Waals surface area contributed by atoms with Gasteiger partial charge in [-0.1, -0.05) is 182 Å². The number of rotatable bonds is 5. The molecule has 0 spiro atoms. The standard InChI is InChI=1S/C58H62N4/c1-53(2,3)41-22-15-35(16-23-41)50-60-51(36-17-24-42(25-18-36)54(4,5)6)62-52(61-50)40-20-27-44-43-26-19-37(31-46(43)55(7,8)47(44)33-40)38-29-30-59-49(34-38)39-21-28-45-48(32-39)57(11,12)58(13,14)56(45,9)10/h15-34H,1-14H3. The average Bonchev–Trinajstić information content (AvgIpc) is 3.52. The molecule has 2 aliphatic rings. The third-order valence-electron chi connectivity index (χ3n) is 15.5. The predicted molar refractivity (Wildman–Crippen MR) is 260 cm³/mol. The molecule has 7 aromatic rings. The Morgan fingerprint density at radius 2 is 0.774 bits per heavy atom. The van der Waals surface area contributed by atoms with Crippen LogP contribution in [0, 0.1) is 5.41 Å². The SMILES string of the molecule is CC(C)(C)c1ccc(-c2nc(-c3ccc(C(C)(C)C)cc3)nc(-c3ccc4c(c3)C(C)(C)c3cc(-c5ccnc(-c6ccc7c(c6)C(C)(C)C(C)(C)C7(C)C)c5)ccc3-4)n2)cc1. The molecule has 2 aromatic heterocycles. The van der Waals surface area contributed by atoms with Crippen molar-refractivity contribution in [2.75, 3.05) is 0 Å². The van der Waals surface area contributed by atoms with Crippen molar-refractivity contribution in [3.63, 3.8) is 0 Å². The van der Waals surface area contributed by atoms with Crippen LogP contribution in [0.5, 0.6) is 0 Å². The van der Waals surface area contributed by atoms with Gasteiger partial charge < -0.3 is 0 Å². The Bertz CT molecular complexity index is 2820. The van der Waals surface area contributed by atoms with Gasteiger partial charge in [-0.25, -0.2) is 15.0 Å². The summed E-state index contributed by atoms with van der Waals surface area (Å²) in [5, 5.41) is 0. The van der Waals surface area contributed by atoms with Crippen molar-refractivity contribution in [1.82, 2.24) is 19.9 Å². The number of pyridine rings is 1. The van der Waals surface area contributed by atoms with E-state index in [-0.39, 0.29) is 32.5 Å². The molecule has 0 fully saturated rings. The Morgan fingerprint density at radius 1 is 0.371 bits per heavy atom. The van der Waals surface area contributed by atoms with Gasteiger partial charge in [-0.15, -0.1) is 0 Å². The first kappa shape index (κ1) is 41.6. The van der Waals surface area contributed by atoms with Crippen molar-refractivity contribution < 1.29 is 0 Å². The molecule has 0 aliphatic heterocycles. The van der Waals surface area contributed by atoms with Crippen molar-refractivity contribution in [3.8, 4) is 67.7 Å². The second-order valence-electron chi connectivity index (χ2n) is 22.2. The molecule has 4 heteroatoms. The average molecular weight is 815 g/mol. The Hall–Kier alpha value is -5.74. The highest BCUT2D eigenvalue weighted by atomic mass is 15.0. The molecule has 4 nitrogen and oxygen atoms in total. The number of hydrogen-bond acceptors (Lipinski definition) is 4. The maximum atomic E-state index is 5.17. The lowest BCUT2D eigenvalue weighted by Crippen LogP contribution is -2.42. The Labute approximate surface area is 370 Å². The van der Waals surface area contributed by atoms with Gasteiger partial charge in [0.05, 0.1) is 5.69 Å². The summed E-state index contributed by atoms with van der Waals surface area (Å²) in [5.41, 5.74) is 18.1. The first-order valence-corrected chi connectivity index (χ1v) is 22.4. The summed E-state index contributed by atoms with van der Waals surface area (Å²) < 4.78 is 0. The minimum atomic E-state index is -0.248. The molecular weight excluding hydrogens is 753 g/mol. The van der Waals surface area contributed by atoms with Gasteiger partial charge in [-0.2, -0.15) is 0 Å². The minimum Gasteiger partial charge on any atom is -0.256 e. The van der Waals surface area contributed by atoms with E-state index in [1.54, 1.807) is 0 Å². The molecule has 314 valence electrons. The van der Waals surface area contributed by atoms with E-state index in [1.165, 1.54) is 61.2 Å². The van der Waals surface area contributed by atoms with E-state index < -0.39 is 0 Å². The molecule has 5 aromatic carbocycles. The van der Waals surface area contributed by atoms with Gasteiger partial charge >= 0.3 is 0 Å². The molecule has 0 radical (unpaired) electrons. The van der Waals surface area contributed by atoms with Crippen LogP contribution in [0.15, 0.2) is 121 Å². The lowest BCUT2D eigenvalue weighted by molar-refractivity contribution is 0.125. The topological polar surface area (TPSA) is 51.6 Å². The maximum absolute atomic E-state index is 5.17. The molecule has 9 rings (SSSR count). The number of aromatic nitrogens is 4. The Kier molecular flexibility index (Phi) is 9.31. The summed E-state index contributed by atoms with van der Waals surface area (Å²) in [5.74, 6) is 2.02. The third-order valence-corrected chi connectivity index (χ3v) is 15.5. The van der Waals surface area contributed by atoms with Gasteiger partial charge in [0.2, 0.25) is 0 Å². The van der Waals surface area contributed by atoms with Crippen LogP contribution in [0.3, 0.4) is 0 Å². The van der Waals surface area contributed by atoms with E-state index in [0.29, 0.717) is 17.5 Å². The van der Waals surface area contributed by atoms with Crippen molar-refractivity contribution >= 4 is 0 Å². The highest BCUT2D eigenvalue weighted by molar-refractivity contribution is 5.86. The highest BCUT2D eigenvalue weighted by Crippen LogP contribution is 2.62. The van der Waals surface area contributed by atoms with E-state index in [9.17, 15) is 0 Å². The fourth-order valence-corrected chi connectivity index (χ4v) is 10.0. The number of benzene rings is 5. The summed E-state index contributed by atoms with van der Waals surface area (Å²) in [4.78, 5) is 20.3. The number of fused-ring (bicyclic) bond motifs is 4. The maximum Gasteiger partial charge on any atom is 0.164 e. The summed E-state index contributed by atoms with van der Waals surface area (Å²) in [6.07, 6.45) is 1.96. The second kappa shape index (κ2) is 13.9. The molecule has 62 heavy (non-hydrogen) atoms. The smallest absolute Gasteiger partial charge is 0.164 e. The van der Waals surface area contributed by atoms with Gasteiger partial charge in [0.25, 0.3) is 0 Å². The summed E-state index contributed by atoms with van der Waals surface area (Å²) in [6, 6.07) is 42.5. The molecule has 0 atom stereocenters. The van der Waals surface area contributed by atoms with Gasteiger partial charge in [0.1, 0.15) is 0 Å². The Balaban J connectivity index is 1.08. The minimum absolute atomic E-state index is 0.0325. The van der Waals surface area contributed by atoms with Crippen LogP contribution >= 0.6 is 0 Å². The van der Waals surface area contributed by atoms with Crippen LogP contribution < -0.4 is 0 Å². The van der Waals surface area contributed by atoms with E-state index in [1.807, 2.05) is 6.20 Å². The van der Waals surface area contributed by atoms with Crippen LogP contribution in [-0.4, -0.2) is 19.9 Å². The van der Waals surface area contributed by atoms with Crippen LogP contribution in [0.2, 0.25) is 0 Å². The zero-order valence-electron chi connectivity index (χ0n) is 39.3.